The third kappa shape index (κ3) is 5.77. The molecule has 0 spiro atoms. The molecule has 2 amide bonds. The lowest BCUT2D eigenvalue weighted by Crippen LogP contribution is -2.32. The lowest BCUT2D eigenvalue weighted by Gasteiger charge is -2.14. The van der Waals surface area contributed by atoms with Crippen molar-refractivity contribution in [3.05, 3.63) is 29.8 Å². The summed E-state index contributed by atoms with van der Waals surface area (Å²) in [5.74, 6) is -0.550. The summed E-state index contributed by atoms with van der Waals surface area (Å²) in [6.07, 6.45) is 0.279. The maximum atomic E-state index is 11.7. The topological polar surface area (TPSA) is 101 Å². The molecule has 108 valence electrons. The molecule has 0 atom stereocenters. The van der Waals surface area contributed by atoms with Gasteiger partial charge in [-0.05, 0) is 31.3 Å². The molecule has 5 N–H and O–H groups in total. The standard InChI is InChI=1S/C13H18N4O2S/c1-17(8-11(14)18)7-6-12(19)16-10-4-2-9(3-5-10)13(15)20/h2-5H,6-8H2,1H3,(H2,14,18)(H2,15,20)(H,16,19). The van der Waals surface area contributed by atoms with E-state index >= 15 is 0 Å². The Morgan fingerprint density at radius 2 is 1.85 bits per heavy atom. The Hall–Kier alpha value is -1.99. The SMILES string of the molecule is CN(CCC(=O)Nc1ccc(C(N)=S)cc1)CC(N)=O. The second-order valence-corrected chi connectivity index (χ2v) is 4.88. The Morgan fingerprint density at radius 1 is 1.25 bits per heavy atom. The van der Waals surface area contributed by atoms with Gasteiger partial charge in [0.25, 0.3) is 0 Å². The minimum absolute atomic E-state index is 0.135. The number of nitrogens with two attached hydrogens (primary N) is 2. The molecule has 0 saturated carbocycles. The molecule has 0 bridgehead atoms. The average molecular weight is 294 g/mol. The molecule has 7 heteroatoms. The number of thiocarbonyl (C=S) groups is 1. The zero-order valence-electron chi connectivity index (χ0n) is 11.3. The van der Waals surface area contributed by atoms with E-state index in [0.29, 0.717) is 17.2 Å². The van der Waals surface area contributed by atoms with Crippen LogP contribution in [0.3, 0.4) is 0 Å². The summed E-state index contributed by atoms with van der Waals surface area (Å²) >= 11 is 4.84. The zero-order valence-corrected chi connectivity index (χ0v) is 12.1. The number of benzene rings is 1. The van der Waals surface area contributed by atoms with Crippen molar-refractivity contribution in [3.63, 3.8) is 0 Å². The van der Waals surface area contributed by atoms with Gasteiger partial charge in [0.2, 0.25) is 11.8 Å². The quantitative estimate of drug-likeness (QED) is 0.618. The van der Waals surface area contributed by atoms with Gasteiger partial charge in [-0.3, -0.25) is 14.5 Å². The van der Waals surface area contributed by atoms with Gasteiger partial charge < -0.3 is 16.8 Å². The molecule has 20 heavy (non-hydrogen) atoms. The summed E-state index contributed by atoms with van der Waals surface area (Å²) in [4.78, 5) is 24.4. The van der Waals surface area contributed by atoms with Crippen molar-refractivity contribution in [1.29, 1.82) is 0 Å². The first-order valence-electron chi connectivity index (χ1n) is 6.05. The molecule has 0 saturated heterocycles. The number of primary amides is 1. The van der Waals surface area contributed by atoms with Crippen molar-refractivity contribution in [2.24, 2.45) is 11.5 Å². The van der Waals surface area contributed by atoms with Crippen molar-refractivity contribution < 1.29 is 9.59 Å². The molecule has 1 rings (SSSR count). The molecule has 0 aliphatic carbocycles. The van der Waals surface area contributed by atoms with Crippen molar-refractivity contribution in [1.82, 2.24) is 4.90 Å². The van der Waals surface area contributed by atoms with Crippen molar-refractivity contribution in [2.75, 3.05) is 25.5 Å². The van der Waals surface area contributed by atoms with Crippen LogP contribution < -0.4 is 16.8 Å². The van der Waals surface area contributed by atoms with Gasteiger partial charge in [0.05, 0.1) is 6.54 Å². The summed E-state index contributed by atoms with van der Waals surface area (Å²) in [6.45, 7) is 0.593. The van der Waals surface area contributed by atoms with Crippen LogP contribution in [0.4, 0.5) is 5.69 Å². The van der Waals surface area contributed by atoms with E-state index in [1.165, 1.54) is 0 Å². The van der Waals surface area contributed by atoms with E-state index < -0.39 is 5.91 Å². The van der Waals surface area contributed by atoms with Gasteiger partial charge in [0.1, 0.15) is 4.99 Å². The van der Waals surface area contributed by atoms with Crippen LogP contribution in [0.2, 0.25) is 0 Å². The van der Waals surface area contributed by atoms with E-state index in [-0.39, 0.29) is 18.9 Å². The zero-order chi connectivity index (χ0) is 15.1. The summed E-state index contributed by atoms with van der Waals surface area (Å²) in [5, 5.41) is 2.75. The van der Waals surface area contributed by atoms with Gasteiger partial charge in [-0.15, -0.1) is 0 Å². The normalized spacial score (nSPS) is 10.3. The molecular formula is C13H18N4O2S. The van der Waals surface area contributed by atoms with Crippen molar-refractivity contribution in [3.8, 4) is 0 Å². The summed E-state index contributed by atoms with van der Waals surface area (Å²) in [5.41, 5.74) is 12.0. The lowest BCUT2D eigenvalue weighted by atomic mass is 10.2. The number of carbonyl (C=O) groups is 2. The van der Waals surface area contributed by atoms with Gasteiger partial charge in [-0.2, -0.15) is 0 Å². The van der Waals surface area contributed by atoms with Gasteiger partial charge >= 0.3 is 0 Å². The molecule has 1 aromatic rings. The van der Waals surface area contributed by atoms with E-state index in [4.69, 9.17) is 23.7 Å². The van der Waals surface area contributed by atoms with E-state index in [9.17, 15) is 9.59 Å². The Morgan fingerprint density at radius 3 is 2.35 bits per heavy atom. The van der Waals surface area contributed by atoms with Crippen LogP contribution in [0, 0.1) is 0 Å². The minimum atomic E-state index is -0.416. The molecule has 0 fully saturated rings. The van der Waals surface area contributed by atoms with Gasteiger partial charge in [0.15, 0.2) is 0 Å². The molecule has 1 aromatic carbocycles. The molecule has 0 aliphatic heterocycles. The molecule has 0 radical (unpaired) electrons. The number of rotatable bonds is 7. The Balaban J connectivity index is 2.42. The fourth-order valence-electron chi connectivity index (χ4n) is 1.58. The maximum Gasteiger partial charge on any atom is 0.231 e. The van der Waals surface area contributed by atoms with Crippen LogP contribution >= 0.6 is 12.2 Å². The first kappa shape index (κ1) is 16.1. The number of amides is 2. The molecule has 0 aliphatic rings. The second kappa shape index (κ2) is 7.56. The fraction of sp³-hybridized carbons (Fsp3) is 0.308. The number of nitrogens with one attached hydrogen (secondary N) is 1. The number of nitrogens with zero attached hydrogens (tertiary/aromatic N) is 1. The number of hydrogen-bond acceptors (Lipinski definition) is 4. The van der Waals surface area contributed by atoms with E-state index in [2.05, 4.69) is 5.32 Å². The first-order chi connectivity index (χ1) is 9.38. The Labute approximate surface area is 123 Å². The number of anilines is 1. The largest absolute Gasteiger partial charge is 0.389 e. The van der Waals surface area contributed by atoms with Gasteiger partial charge in [-0.25, -0.2) is 0 Å². The maximum absolute atomic E-state index is 11.7. The third-order valence-electron chi connectivity index (χ3n) is 2.60. The molecular weight excluding hydrogens is 276 g/mol. The predicted molar refractivity (Wildman–Crippen MR) is 82.3 cm³/mol. The first-order valence-corrected chi connectivity index (χ1v) is 6.46. The summed E-state index contributed by atoms with van der Waals surface area (Å²) in [6, 6.07) is 6.97. The predicted octanol–water partition coefficient (Wildman–Crippen LogP) is 0.0665. The highest BCUT2D eigenvalue weighted by Gasteiger charge is 2.07. The molecule has 0 unspecified atom stereocenters. The van der Waals surface area contributed by atoms with Crippen LogP contribution in [0.1, 0.15) is 12.0 Å². The van der Waals surface area contributed by atoms with Crippen molar-refractivity contribution >= 4 is 34.7 Å². The van der Waals surface area contributed by atoms with Gasteiger partial charge in [-0.1, -0.05) is 12.2 Å². The third-order valence-corrected chi connectivity index (χ3v) is 2.84. The second-order valence-electron chi connectivity index (χ2n) is 4.44. The van der Waals surface area contributed by atoms with Crippen LogP contribution in [0.25, 0.3) is 0 Å². The number of carbonyl (C=O) groups excluding carboxylic acids is 2. The highest BCUT2D eigenvalue weighted by molar-refractivity contribution is 7.80. The number of likely N-dealkylation sites (N-methyl/N-ethyl adjacent to an activating group) is 1. The minimum Gasteiger partial charge on any atom is -0.389 e. The Bertz CT molecular complexity index is 502. The van der Waals surface area contributed by atoms with Crippen LogP contribution in [-0.4, -0.2) is 41.8 Å². The van der Waals surface area contributed by atoms with E-state index in [1.807, 2.05) is 0 Å². The van der Waals surface area contributed by atoms with Crippen LogP contribution in [-0.2, 0) is 9.59 Å². The summed E-state index contributed by atoms with van der Waals surface area (Å²) < 4.78 is 0. The number of hydrogen-bond donors (Lipinski definition) is 3. The monoisotopic (exact) mass is 294 g/mol. The van der Waals surface area contributed by atoms with E-state index in [0.717, 1.165) is 5.56 Å². The molecule has 6 nitrogen and oxygen atoms in total. The van der Waals surface area contributed by atoms with Crippen molar-refractivity contribution in [2.45, 2.75) is 6.42 Å². The van der Waals surface area contributed by atoms with Crippen LogP contribution in [0.5, 0.6) is 0 Å². The van der Waals surface area contributed by atoms with E-state index in [1.54, 1.807) is 36.2 Å². The lowest BCUT2D eigenvalue weighted by molar-refractivity contribution is -0.120. The summed E-state index contributed by atoms with van der Waals surface area (Å²) in [7, 11) is 1.73. The fourth-order valence-corrected chi connectivity index (χ4v) is 1.71. The molecule has 0 heterocycles. The highest BCUT2D eigenvalue weighted by atomic mass is 32.1. The van der Waals surface area contributed by atoms with Crippen LogP contribution in [0.15, 0.2) is 24.3 Å². The molecule has 0 aromatic heterocycles. The Kier molecular flexibility index (Phi) is 6.08. The van der Waals surface area contributed by atoms with Gasteiger partial charge in [0, 0.05) is 24.2 Å². The smallest absolute Gasteiger partial charge is 0.231 e. The highest BCUT2D eigenvalue weighted by Crippen LogP contribution is 2.09. The average Bonchev–Trinajstić information content (AvgIpc) is 2.36.